The van der Waals surface area contributed by atoms with Gasteiger partial charge in [-0.1, -0.05) is 0 Å². The second-order valence-electron chi connectivity index (χ2n) is 8.28. The largest absolute Gasteiger partial charge is 0.514 e. The van der Waals surface area contributed by atoms with Crippen molar-refractivity contribution in [1.82, 2.24) is 9.13 Å². The van der Waals surface area contributed by atoms with Crippen LogP contribution in [0.25, 0.3) is 16.9 Å². The van der Waals surface area contributed by atoms with Crippen molar-refractivity contribution in [3.8, 4) is 34.6 Å². The molecule has 0 bridgehead atoms. The molecule has 34 heavy (non-hydrogen) atoms. The van der Waals surface area contributed by atoms with Gasteiger partial charge < -0.3 is 14.6 Å². The van der Waals surface area contributed by atoms with Gasteiger partial charge in [-0.15, -0.1) is 0 Å². The highest BCUT2D eigenvalue weighted by molar-refractivity contribution is 5.69. The zero-order valence-corrected chi connectivity index (χ0v) is 18.6. The summed E-state index contributed by atoms with van der Waals surface area (Å²) in [5, 5.41) is 19.7. The lowest BCUT2D eigenvalue weighted by Crippen LogP contribution is -2.25. The highest BCUT2D eigenvalue weighted by Crippen LogP contribution is 2.35. The standard InChI is InChI=1S/C23H20F3N3O5/c1-22(2,3)34-21(32)33-16-9-6-13(7-10-16)18-19(30)29(20(31)28(18)4)15-8-5-14(12-27)17(11-15)23(24,25)26/h5-11,30H,1-4H3. The molecule has 178 valence electrons. The summed E-state index contributed by atoms with van der Waals surface area (Å²) in [5.74, 6) is -0.463. The average Bonchev–Trinajstić information content (AvgIpc) is 2.94. The molecule has 1 N–H and O–H groups in total. The van der Waals surface area contributed by atoms with Crippen LogP contribution in [-0.2, 0) is 18.0 Å². The third-order valence-corrected chi connectivity index (χ3v) is 4.64. The lowest BCUT2D eigenvalue weighted by molar-refractivity contribution is -0.137. The van der Waals surface area contributed by atoms with Crippen molar-refractivity contribution < 1.29 is 32.5 Å². The van der Waals surface area contributed by atoms with Crippen molar-refractivity contribution in [3.63, 3.8) is 0 Å². The Balaban J connectivity index is 2.01. The molecule has 1 aromatic heterocycles. The van der Waals surface area contributed by atoms with Crippen molar-refractivity contribution in [1.29, 1.82) is 5.26 Å². The van der Waals surface area contributed by atoms with Gasteiger partial charge in [0.25, 0.3) is 0 Å². The molecule has 0 saturated carbocycles. The number of aromatic hydroxyl groups is 1. The van der Waals surface area contributed by atoms with E-state index in [0.29, 0.717) is 16.2 Å². The summed E-state index contributed by atoms with van der Waals surface area (Å²) < 4.78 is 52.0. The molecule has 1 heterocycles. The number of hydrogen-bond donors (Lipinski definition) is 1. The molecule has 8 nitrogen and oxygen atoms in total. The number of carbonyl (C=O) groups is 1. The van der Waals surface area contributed by atoms with E-state index in [9.17, 15) is 27.9 Å². The number of ether oxygens (including phenoxy) is 2. The van der Waals surface area contributed by atoms with E-state index in [0.717, 1.165) is 16.7 Å². The zero-order chi connectivity index (χ0) is 25.4. The van der Waals surface area contributed by atoms with Crippen LogP contribution in [0.15, 0.2) is 47.3 Å². The van der Waals surface area contributed by atoms with E-state index in [2.05, 4.69) is 0 Å². The van der Waals surface area contributed by atoms with Gasteiger partial charge in [0.15, 0.2) is 0 Å². The van der Waals surface area contributed by atoms with Gasteiger partial charge >= 0.3 is 18.0 Å². The minimum absolute atomic E-state index is 0.0201. The Morgan fingerprint density at radius 1 is 1.09 bits per heavy atom. The number of benzene rings is 2. The van der Waals surface area contributed by atoms with E-state index in [1.54, 1.807) is 20.8 Å². The third kappa shape index (κ3) is 4.91. The number of imidazole rings is 1. The summed E-state index contributed by atoms with van der Waals surface area (Å²) in [5.41, 5.74) is -3.31. The fraction of sp³-hybridized carbons (Fsp3) is 0.261. The van der Waals surface area contributed by atoms with Gasteiger partial charge in [-0.2, -0.15) is 18.4 Å². The quantitative estimate of drug-likeness (QED) is 0.433. The lowest BCUT2D eigenvalue weighted by Gasteiger charge is -2.18. The molecular weight excluding hydrogens is 455 g/mol. The van der Waals surface area contributed by atoms with E-state index in [-0.39, 0.29) is 17.1 Å². The first kappa shape index (κ1) is 24.4. The second-order valence-corrected chi connectivity index (χ2v) is 8.28. The van der Waals surface area contributed by atoms with Crippen LogP contribution in [0, 0.1) is 11.3 Å². The Morgan fingerprint density at radius 2 is 1.71 bits per heavy atom. The first-order chi connectivity index (χ1) is 15.7. The molecule has 0 unspecified atom stereocenters. The van der Waals surface area contributed by atoms with Crippen molar-refractivity contribution in [2.75, 3.05) is 0 Å². The summed E-state index contributed by atoms with van der Waals surface area (Å²) in [6.07, 6.45) is -5.75. The van der Waals surface area contributed by atoms with Gasteiger partial charge in [-0.3, -0.25) is 4.57 Å². The number of alkyl halides is 3. The van der Waals surface area contributed by atoms with Gasteiger partial charge in [-0.05, 0) is 63.2 Å². The lowest BCUT2D eigenvalue weighted by atomic mass is 10.1. The summed E-state index contributed by atoms with van der Waals surface area (Å²) in [6.45, 7) is 5.03. The normalized spacial score (nSPS) is 11.7. The fourth-order valence-electron chi connectivity index (χ4n) is 3.20. The van der Waals surface area contributed by atoms with Crippen LogP contribution in [0.5, 0.6) is 11.6 Å². The van der Waals surface area contributed by atoms with Crippen LogP contribution >= 0.6 is 0 Å². The second kappa shape index (κ2) is 8.62. The van der Waals surface area contributed by atoms with Crippen LogP contribution in [0.1, 0.15) is 31.9 Å². The number of rotatable bonds is 3. The maximum Gasteiger partial charge on any atom is 0.514 e. The minimum Gasteiger partial charge on any atom is -0.493 e. The Hall–Kier alpha value is -4.20. The Labute approximate surface area is 192 Å². The maximum absolute atomic E-state index is 13.3. The first-order valence-corrected chi connectivity index (χ1v) is 9.86. The summed E-state index contributed by atoms with van der Waals surface area (Å²) in [6, 6.07) is 9.88. The number of nitriles is 1. The summed E-state index contributed by atoms with van der Waals surface area (Å²) in [7, 11) is 1.34. The highest BCUT2D eigenvalue weighted by atomic mass is 19.4. The molecule has 11 heteroatoms. The van der Waals surface area contributed by atoms with Gasteiger partial charge in [0.05, 0.1) is 22.9 Å². The van der Waals surface area contributed by atoms with E-state index in [4.69, 9.17) is 14.7 Å². The number of carbonyl (C=O) groups excluding carboxylic acids is 1. The van der Waals surface area contributed by atoms with Gasteiger partial charge in [0.2, 0.25) is 5.88 Å². The third-order valence-electron chi connectivity index (χ3n) is 4.64. The van der Waals surface area contributed by atoms with Crippen LogP contribution < -0.4 is 10.4 Å². The zero-order valence-electron chi connectivity index (χ0n) is 18.6. The average molecular weight is 475 g/mol. The molecule has 0 saturated heterocycles. The number of hydrogen-bond acceptors (Lipinski definition) is 6. The molecule has 0 fully saturated rings. The summed E-state index contributed by atoms with van der Waals surface area (Å²) in [4.78, 5) is 24.6. The maximum atomic E-state index is 13.3. The van der Waals surface area contributed by atoms with Crippen molar-refractivity contribution in [2.45, 2.75) is 32.5 Å². The smallest absolute Gasteiger partial charge is 0.493 e. The Morgan fingerprint density at radius 3 is 2.24 bits per heavy atom. The molecule has 0 aliphatic rings. The molecule has 0 aliphatic carbocycles. The molecule has 0 atom stereocenters. The SMILES string of the molecule is Cn1c(-c2ccc(OC(=O)OC(C)(C)C)cc2)c(O)n(-c2ccc(C#N)c(C(F)(F)F)c2)c1=O. The predicted octanol–water partition coefficient (Wildman–Crippen LogP) is 4.75. The van der Waals surface area contributed by atoms with Gasteiger partial charge in [0, 0.05) is 12.6 Å². The number of nitrogens with zero attached hydrogens (tertiary/aromatic N) is 3. The van der Waals surface area contributed by atoms with Crippen LogP contribution in [0.3, 0.4) is 0 Å². The van der Waals surface area contributed by atoms with Crippen LogP contribution in [0.4, 0.5) is 18.0 Å². The molecule has 0 spiro atoms. The molecule has 0 aliphatic heterocycles. The fourth-order valence-corrected chi connectivity index (χ4v) is 3.20. The molecule has 0 amide bonds. The van der Waals surface area contributed by atoms with Crippen molar-refractivity contribution in [2.24, 2.45) is 7.05 Å². The monoisotopic (exact) mass is 475 g/mol. The Kier molecular flexibility index (Phi) is 6.20. The van der Waals surface area contributed by atoms with E-state index >= 15 is 0 Å². The number of aromatic nitrogens is 2. The van der Waals surface area contributed by atoms with Crippen molar-refractivity contribution in [3.05, 3.63) is 64.1 Å². The van der Waals surface area contributed by atoms with Gasteiger partial charge in [-0.25, -0.2) is 14.2 Å². The van der Waals surface area contributed by atoms with E-state index in [1.165, 1.54) is 37.4 Å². The first-order valence-electron chi connectivity index (χ1n) is 9.86. The van der Waals surface area contributed by atoms with E-state index in [1.807, 2.05) is 0 Å². The minimum atomic E-state index is -4.83. The topological polar surface area (TPSA) is 106 Å². The predicted molar refractivity (Wildman–Crippen MR) is 115 cm³/mol. The van der Waals surface area contributed by atoms with Crippen molar-refractivity contribution >= 4 is 6.16 Å². The molecule has 3 aromatic rings. The molecular formula is C23H20F3N3O5. The Bertz CT molecular complexity index is 1340. The van der Waals surface area contributed by atoms with Crippen LogP contribution in [-0.4, -0.2) is 26.0 Å². The highest BCUT2D eigenvalue weighted by Gasteiger charge is 2.34. The summed E-state index contributed by atoms with van der Waals surface area (Å²) >= 11 is 0. The number of halogens is 3. The van der Waals surface area contributed by atoms with Gasteiger partial charge in [0.1, 0.15) is 17.0 Å². The molecule has 2 aromatic carbocycles. The van der Waals surface area contributed by atoms with E-state index < -0.39 is 40.6 Å². The molecule has 0 radical (unpaired) electrons. The molecule has 3 rings (SSSR count). The van der Waals surface area contributed by atoms with Crippen LogP contribution in [0.2, 0.25) is 0 Å².